The van der Waals surface area contributed by atoms with Gasteiger partial charge in [-0.15, -0.1) is 0 Å². The summed E-state index contributed by atoms with van der Waals surface area (Å²) in [6.45, 7) is 5.84. The molecular formula is C16H21N3O4. The van der Waals surface area contributed by atoms with Gasteiger partial charge in [0, 0.05) is 11.8 Å². The summed E-state index contributed by atoms with van der Waals surface area (Å²) in [6, 6.07) is 4.49. The maximum Gasteiger partial charge on any atom is 0.335 e. The lowest BCUT2D eigenvalue weighted by Crippen LogP contribution is -2.03. The van der Waals surface area contributed by atoms with Crippen molar-refractivity contribution in [3.8, 4) is 11.6 Å². The Labute approximate surface area is 135 Å². The lowest BCUT2D eigenvalue weighted by Gasteiger charge is -2.11. The second-order valence-corrected chi connectivity index (χ2v) is 4.23. The van der Waals surface area contributed by atoms with Crippen molar-refractivity contribution < 1.29 is 19.4 Å². The number of benzene rings is 1. The zero-order chi connectivity index (χ0) is 17.4. The summed E-state index contributed by atoms with van der Waals surface area (Å²) in [5.41, 5.74) is 1.52. The standard InChI is InChI=1S/C14H15N3O4.C2H6/c1-8-7-15-14(17-12(8)21-3)16-10-5-4-9(13(18)19)6-11(10)20-2;1-2/h4-7H,1-3H3,(H,18,19)(H,15,16,17);1-2H3. The molecule has 2 aromatic rings. The van der Waals surface area contributed by atoms with E-state index in [1.54, 1.807) is 12.3 Å². The molecule has 0 amide bonds. The Kier molecular flexibility index (Phi) is 6.79. The van der Waals surface area contributed by atoms with E-state index >= 15 is 0 Å². The zero-order valence-electron chi connectivity index (χ0n) is 13.9. The van der Waals surface area contributed by atoms with E-state index in [9.17, 15) is 4.79 Å². The van der Waals surface area contributed by atoms with Gasteiger partial charge >= 0.3 is 5.97 Å². The molecule has 1 aromatic heterocycles. The van der Waals surface area contributed by atoms with Crippen LogP contribution in [0.1, 0.15) is 29.8 Å². The second-order valence-electron chi connectivity index (χ2n) is 4.23. The maximum absolute atomic E-state index is 10.9. The fraction of sp³-hybridized carbons (Fsp3) is 0.312. The number of hydrogen-bond donors (Lipinski definition) is 2. The van der Waals surface area contributed by atoms with Crippen LogP contribution in [0.15, 0.2) is 24.4 Å². The lowest BCUT2D eigenvalue weighted by molar-refractivity contribution is 0.0696. The van der Waals surface area contributed by atoms with Crippen LogP contribution in [0.3, 0.4) is 0 Å². The highest BCUT2D eigenvalue weighted by atomic mass is 16.5. The number of aryl methyl sites for hydroxylation is 1. The summed E-state index contributed by atoms with van der Waals surface area (Å²) in [4.78, 5) is 19.3. The number of methoxy groups -OCH3 is 2. The van der Waals surface area contributed by atoms with Crippen LogP contribution in [0.4, 0.5) is 11.6 Å². The van der Waals surface area contributed by atoms with Gasteiger partial charge in [-0.2, -0.15) is 4.98 Å². The van der Waals surface area contributed by atoms with E-state index in [0.717, 1.165) is 5.56 Å². The Morgan fingerprint density at radius 3 is 2.48 bits per heavy atom. The van der Waals surface area contributed by atoms with Gasteiger partial charge in [-0.05, 0) is 25.1 Å². The van der Waals surface area contributed by atoms with Gasteiger partial charge in [-0.1, -0.05) is 13.8 Å². The van der Waals surface area contributed by atoms with E-state index in [-0.39, 0.29) is 5.56 Å². The van der Waals surface area contributed by atoms with Gasteiger partial charge in [-0.25, -0.2) is 9.78 Å². The third kappa shape index (κ3) is 4.57. The highest BCUT2D eigenvalue weighted by Crippen LogP contribution is 2.28. The van der Waals surface area contributed by atoms with Crippen molar-refractivity contribution in [1.29, 1.82) is 0 Å². The van der Waals surface area contributed by atoms with Gasteiger partial charge in [0.15, 0.2) is 0 Å². The van der Waals surface area contributed by atoms with E-state index < -0.39 is 5.97 Å². The Morgan fingerprint density at radius 2 is 1.91 bits per heavy atom. The lowest BCUT2D eigenvalue weighted by atomic mass is 10.2. The van der Waals surface area contributed by atoms with Crippen LogP contribution in [0.25, 0.3) is 0 Å². The molecule has 0 saturated carbocycles. The molecule has 0 aliphatic heterocycles. The van der Waals surface area contributed by atoms with E-state index in [0.29, 0.717) is 23.3 Å². The average molecular weight is 319 g/mol. The fourth-order valence-electron chi connectivity index (χ4n) is 1.74. The molecule has 1 heterocycles. The number of nitrogens with one attached hydrogen (secondary N) is 1. The first-order valence-corrected chi connectivity index (χ1v) is 7.11. The molecule has 0 saturated heterocycles. The van der Waals surface area contributed by atoms with Gasteiger partial charge in [-0.3, -0.25) is 0 Å². The summed E-state index contributed by atoms with van der Waals surface area (Å²) in [6.07, 6.45) is 1.63. The molecule has 0 atom stereocenters. The molecule has 7 nitrogen and oxygen atoms in total. The zero-order valence-corrected chi connectivity index (χ0v) is 13.9. The molecule has 1 aromatic carbocycles. The van der Waals surface area contributed by atoms with Gasteiger partial charge in [0.2, 0.25) is 11.8 Å². The van der Waals surface area contributed by atoms with E-state index in [2.05, 4.69) is 15.3 Å². The van der Waals surface area contributed by atoms with Crippen LogP contribution >= 0.6 is 0 Å². The largest absolute Gasteiger partial charge is 0.495 e. The molecule has 0 fully saturated rings. The summed E-state index contributed by atoms with van der Waals surface area (Å²) in [7, 11) is 2.99. The van der Waals surface area contributed by atoms with Crippen LogP contribution < -0.4 is 14.8 Å². The topological polar surface area (TPSA) is 93.6 Å². The number of rotatable bonds is 5. The first-order chi connectivity index (χ1) is 11.0. The summed E-state index contributed by atoms with van der Waals surface area (Å²) < 4.78 is 10.3. The summed E-state index contributed by atoms with van der Waals surface area (Å²) in [5, 5.41) is 11.9. The Balaban J connectivity index is 0.00000127. The van der Waals surface area contributed by atoms with Crippen molar-refractivity contribution in [1.82, 2.24) is 9.97 Å². The van der Waals surface area contributed by atoms with Gasteiger partial charge in [0.25, 0.3) is 0 Å². The predicted molar refractivity (Wildman–Crippen MR) is 87.9 cm³/mol. The molecule has 124 valence electrons. The number of ether oxygens (including phenoxy) is 2. The van der Waals surface area contributed by atoms with E-state index in [1.165, 1.54) is 26.4 Å². The monoisotopic (exact) mass is 319 g/mol. The summed E-state index contributed by atoms with van der Waals surface area (Å²) >= 11 is 0. The SMILES string of the molecule is CC.COc1cc(C(=O)O)ccc1Nc1ncc(C)c(OC)n1. The normalized spacial score (nSPS) is 9.43. The molecule has 0 radical (unpaired) electrons. The molecule has 2 rings (SSSR count). The third-order valence-electron chi connectivity index (χ3n) is 2.81. The highest BCUT2D eigenvalue weighted by molar-refractivity contribution is 5.89. The first-order valence-electron chi connectivity index (χ1n) is 7.11. The van der Waals surface area contributed by atoms with Gasteiger partial charge in [0.1, 0.15) is 5.75 Å². The molecular weight excluding hydrogens is 298 g/mol. The van der Waals surface area contributed by atoms with Crippen LogP contribution in [0.2, 0.25) is 0 Å². The predicted octanol–water partition coefficient (Wildman–Crippen LogP) is 3.27. The minimum absolute atomic E-state index is 0.139. The van der Waals surface area contributed by atoms with Crippen molar-refractivity contribution in [2.45, 2.75) is 20.8 Å². The smallest absolute Gasteiger partial charge is 0.335 e. The van der Waals surface area contributed by atoms with Gasteiger partial charge in [0.05, 0.1) is 25.5 Å². The third-order valence-corrected chi connectivity index (χ3v) is 2.81. The Hall–Kier alpha value is -2.83. The average Bonchev–Trinajstić information content (AvgIpc) is 2.58. The quantitative estimate of drug-likeness (QED) is 0.873. The minimum Gasteiger partial charge on any atom is -0.495 e. The highest BCUT2D eigenvalue weighted by Gasteiger charge is 2.11. The summed E-state index contributed by atoms with van der Waals surface area (Å²) in [5.74, 6) is 0.165. The van der Waals surface area contributed by atoms with Crippen LogP contribution in [-0.2, 0) is 0 Å². The molecule has 7 heteroatoms. The van der Waals surface area contributed by atoms with E-state index in [1.807, 2.05) is 20.8 Å². The molecule has 0 aliphatic rings. The number of carboxylic acid groups (broad SMARTS) is 1. The van der Waals surface area contributed by atoms with Crippen LogP contribution in [0.5, 0.6) is 11.6 Å². The Bertz CT molecular complexity index is 674. The number of nitrogens with zero attached hydrogens (tertiary/aromatic N) is 2. The molecule has 23 heavy (non-hydrogen) atoms. The van der Waals surface area contributed by atoms with Gasteiger partial charge < -0.3 is 19.9 Å². The number of anilines is 2. The first kappa shape index (κ1) is 18.2. The van der Waals surface area contributed by atoms with Crippen molar-refractivity contribution in [3.05, 3.63) is 35.5 Å². The number of aromatic nitrogens is 2. The molecule has 2 N–H and O–H groups in total. The fourth-order valence-corrected chi connectivity index (χ4v) is 1.74. The molecule has 0 bridgehead atoms. The number of aromatic carboxylic acids is 1. The second kappa shape index (κ2) is 8.57. The Morgan fingerprint density at radius 1 is 1.22 bits per heavy atom. The molecule has 0 aliphatic carbocycles. The van der Waals surface area contributed by atoms with Crippen LogP contribution in [-0.4, -0.2) is 35.3 Å². The minimum atomic E-state index is -1.02. The number of carboxylic acids is 1. The van der Waals surface area contributed by atoms with E-state index in [4.69, 9.17) is 14.6 Å². The number of carbonyl (C=O) groups is 1. The maximum atomic E-state index is 10.9. The molecule has 0 unspecified atom stereocenters. The molecule has 0 spiro atoms. The van der Waals surface area contributed by atoms with Crippen molar-refractivity contribution in [2.24, 2.45) is 0 Å². The number of hydrogen-bond acceptors (Lipinski definition) is 6. The van der Waals surface area contributed by atoms with Crippen LogP contribution in [0, 0.1) is 6.92 Å². The van der Waals surface area contributed by atoms with Crippen molar-refractivity contribution >= 4 is 17.6 Å². The van der Waals surface area contributed by atoms with Crippen molar-refractivity contribution in [2.75, 3.05) is 19.5 Å². The van der Waals surface area contributed by atoms with Crippen molar-refractivity contribution in [3.63, 3.8) is 0 Å².